The number of carbonyl (C=O) groups is 1. The minimum Gasteiger partial charge on any atom is -0.394 e. The molecule has 0 aliphatic carbocycles. The Morgan fingerprint density at radius 3 is 2.47 bits per heavy atom. The van der Waals surface area contributed by atoms with Crippen molar-refractivity contribution in [2.24, 2.45) is 0 Å². The van der Waals surface area contributed by atoms with Crippen LogP contribution in [0.15, 0.2) is 30.3 Å². The van der Waals surface area contributed by atoms with Gasteiger partial charge in [0.25, 0.3) is 0 Å². The number of aliphatic hydroxyl groups is 1. The zero-order valence-corrected chi connectivity index (χ0v) is 10.2. The molecule has 1 N–H and O–H groups in total. The van der Waals surface area contributed by atoms with E-state index in [2.05, 4.69) is 0 Å². The van der Waals surface area contributed by atoms with Gasteiger partial charge in [0.15, 0.2) is 0 Å². The Hall–Kier alpha value is -1.59. The zero-order chi connectivity index (χ0) is 12.7. The standard InChI is InChI=1S/C12H18N2O3/c1-13(2)12(16)14(10-17-9-8-15)11-6-4-3-5-7-11/h3-7,15H,8-10H2,1-2H3. The number of amides is 2. The fourth-order valence-corrected chi connectivity index (χ4v) is 1.31. The minimum atomic E-state index is -0.158. The minimum absolute atomic E-state index is 0.0568. The van der Waals surface area contributed by atoms with E-state index in [-0.39, 0.29) is 26.0 Å². The van der Waals surface area contributed by atoms with Gasteiger partial charge >= 0.3 is 6.03 Å². The van der Waals surface area contributed by atoms with Crippen molar-refractivity contribution in [2.45, 2.75) is 0 Å². The molecule has 5 heteroatoms. The molecule has 0 unspecified atom stereocenters. The van der Waals surface area contributed by atoms with E-state index in [9.17, 15) is 4.79 Å². The smallest absolute Gasteiger partial charge is 0.325 e. The Bertz CT molecular complexity index is 341. The fourth-order valence-electron chi connectivity index (χ4n) is 1.31. The van der Waals surface area contributed by atoms with Crippen LogP contribution in [-0.2, 0) is 4.74 Å². The number of rotatable bonds is 5. The lowest BCUT2D eigenvalue weighted by atomic mass is 10.3. The zero-order valence-electron chi connectivity index (χ0n) is 10.2. The van der Waals surface area contributed by atoms with E-state index >= 15 is 0 Å². The van der Waals surface area contributed by atoms with Crippen LogP contribution < -0.4 is 4.90 Å². The van der Waals surface area contributed by atoms with Gasteiger partial charge in [-0.15, -0.1) is 0 Å². The predicted molar refractivity (Wildman–Crippen MR) is 65.9 cm³/mol. The summed E-state index contributed by atoms with van der Waals surface area (Å²) in [5.41, 5.74) is 0.768. The van der Waals surface area contributed by atoms with Crippen LogP contribution in [0, 0.1) is 0 Å². The van der Waals surface area contributed by atoms with Crippen LogP contribution in [0.25, 0.3) is 0 Å². The van der Waals surface area contributed by atoms with Crippen LogP contribution in [0.2, 0.25) is 0 Å². The molecule has 0 fully saturated rings. The van der Waals surface area contributed by atoms with Crippen LogP contribution in [0.5, 0.6) is 0 Å². The highest BCUT2D eigenvalue weighted by atomic mass is 16.5. The quantitative estimate of drug-likeness (QED) is 0.618. The fraction of sp³-hybridized carbons (Fsp3) is 0.417. The Labute approximate surface area is 101 Å². The number of nitrogens with zero attached hydrogens (tertiary/aromatic N) is 2. The van der Waals surface area contributed by atoms with E-state index in [0.29, 0.717) is 0 Å². The highest BCUT2D eigenvalue weighted by Crippen LogP contribution is 2.14. The van der Waals surface area contributed by atoms with Gasteiger partial charge in [0.05, 0.1) is 13.2 Å². The van der Waals surface area contributed by atoms with E-state index in [0.717, 1.165) is 5.69 Å². The van der Waals surface area contributed by atoms with Gasteiger partial charge in [0, 0.05) is 19.8 Å². The molecule has 0 aliphatic heterocycles. The second kappa shape index (κ2) is 6.88. The van der Waals surface area contributed by atoms with E-state index in [4.69, 9.17) is 9.84 Å². The molecule has 2 amide bonds. The Morgan fingerprint density at radius 1 is 1.29 bits per heavy atom. The maximum absolute atomic E-state index is 11.9. The topological polar surface area (TPSA) is 53.0 Å². The summed E-state index contributed by atoms with van der Waals surface area (Å²) in [4.78, 5) is 14.9. The van der Waals surface area contributed by atoms with Crippen LogP contribution >= 0.6 is 0 Å². The van der Waals surface area contributed by atoms with Crippen LogP contribution in [0.4, 0.5) is 10.5 Å². The maximum Gasteiger partial charge on any atom is 0.325 e. The first-order valence-corrected chi connectivity index (χ1v) is 5.39. The average molecular weight is 238 g/mol. The first-order chi connectivity index (χ1) is 8.16. The lowest BCUT2D eigenvalue weighted by Gasteiger charge is -2.25. The maximum atomic E-state index is 11.9. The summed E-state index contributed by atoms with van der Waals surface area (Å²) >= 11 is 0. The number of carbonyl (C=O) groups excluding carboxylic acids is 1. The molecular formula is C12H18N2O3. The lowest BCUT2D eigenvalue weighted by molar-refractivity contribution is 0.0928. The van der Waals surface area contributed by atoms with Crippen molar-refractivity contribution in [1.82, 2.24) is 4.90 Å². The number of ether oxygens (including phenoxy) is 1. The van der Waals surface area contributed by atoms with Crippen molar-refractivity contribution in [1.29, 1.82) is 0 Å². The summed E-state index contributed by atoms with van der Waals surface area (Å²) in [6, 6.07) is 9.12. The van der Waals surface area contributed by atoms with Gasteiger partial charge in [-0.3, -0.25) is 4.90 Å². The molecule has 0 atom stereocenters. The molecule has 1 rings (SSSR count). The Balaban J connectivity index is 2.76. The number of hydrogen-bond acceptors (Lipinski definition) is 3. The summed E-state index contributed by atoms with van der Waals surface area (Å²) in [5.74, 6) is 0. The van der Waals surface area contributed by atoms with Gasteiger partial charge in [0.2, 0.25) is 0 Å². The monoisotopic (exact) mass is 238 g/mol. The first kappa shape index (κ1) is 13.5. The lowest BCUT2D eigenvalue weighted by Crippen LogP contribution is -2.40. The van der Waals surface area contributed by atoms with Crippen molar-refractivity contribution in [3.63, 3.8) is 0 Å². The second-order valence-electron chi connectivity index (χ2n) is 3.70. The number of para-hydroxylation sites is 1. The molecule has 17 heavy (non-hydrogen) atoms. The van der Waals surface area contributed by atoms with E-state index in [1.54, 1.807) is 14.1 Å². The summed E-state index contributed by atoms with van der Waals surface area (Å²) in [7, 11) is 3.37. The summed E-state index contributed by atoms with van der Waals surface area (Å²) in [6.07, 6.45) is 0. The van der Waals surface area contributed by atoms with Gasteiger partial charge in [-0.05, 0) is 12.1 Å². The normalized spacial score (nSPS) is 10.1. The molecule has 0 aliphatic rings. The molecule has 0 spiro atoms. The van der Waals surface area contributed by atoms with Crippen molar-refractivity contribution in [3.8, 4) is 0 Å². The third kappa shape index (κ3) is 4.05. The summed E-state index contributed by atoms with van der Waals surface area (Å²) < 4.78 is 5.20. The molecule has 0 bridgehead atoms. The number of hydrogen-bond donors (Lipinski definition) is 1. The van der Waals surface area contributed by atoms with E-state index in [1.165, 1.54) is 9.80 Å². The van der Waals surface area contributed by atoms with Crippen LogP contribution in [0.1, 0.15) is 0 Å². The molecule has 0 saturated carbocycles. The Kier molecular flexibility index (Phi) is 5.45. The molecular weight excluding hydrogens is 220 g/mol. The first-order valence-electron chi connectivity index (χ1n) is 5.39. The van der Waals surface area contributed by atoms with Gasteiger partial charge in [-0.1, -0.05) is 18.2 Å². The second-order valence-corrected chi connectivity index (χ2v) is 3.70. The number of benzene rings is 1. The third-order valence-electron chi connectivity index (χ3n) is 2.14. The Morgan fingerprint density at radius 2 is 1.94 bits per heavy atom. The molecule has 5 nitrogen and oxygen atoms in total. The number of anilines is 1. The summed E-state index contributed by atoms with van der Waals surface area (Å²) in [6.45, 7) is 0.282. The highest BCUT2D eigenvalue weighted by Gasteiger charge is 2.16. The number of urea groups is 1. The van der Waals surface area contributed by atoms with Crippen molar-refractivity contribution in [3.05, 3.63) is 30.3 Å². The third-order valence-corrected chi connectivity index (χ3v) is 2.14. The molecule has 0 aromatic heterocycles. The molecule has 0 saturated heterocycles. The van der Waals surface area contributed by atoms with Crippen molar-refractivity contribution < 1.29 is 14.6 Å². The molecule has 1 aromatic rings. The summed E-state index contributed by atoms with van der Waals surface area (Å²) in [5, 5.41) is 8.66. The average Bonchev–Trinajstić information content (AvgIpc) is 2.35. The molecule has 94 valence electrons. The van der Waals surface area contributed by atoms with Gasteiger partial charge in [0.1, 0.15) is 6.73 Å². The van der Waals surface area contributed by atoms with Crippen molar-refractivity contribution >= 4 is 11.7 Å². The number of aliphatic hydroxyl groups excluding tert-OH is 1. The van der Waals surface area contributed by atoms with Gasteiger partial charge in [-0.25, -0.2) is 4.79 Å². The largest absolute Gasteiger partial charge is 0.394 e. The predicted octanol–water partition coefficient (Wildman–Crippen LogP) is 1.14. The molecule has 0 heterocycles. The van der Waals surface area contributed by atoms with E-state index < -0.39 is 0 Å². The van der Waals surface area contributed by atoms with Gasteiger partial charge in [-0.2, -0.15) is 0 Å². The molecule has 0 radical (unpaired) electrons. The van der Waals surface area contributed by atoms with E-state index in [1.807, 2.05) is 30.3 Å². The molecule has 1 aromatic carbocycles. The van der Waals surface area contributed by atoms with Gasteiger partial charge < -0.3 is 14.7 Å². The van der Waals surface area contributed by atoms with Crippen LogP contribution in [-0.4, -0.2) is 50.1 Å². The highest BCUT2D eigenvalue weighted by molar-refractivity contribution is 5.91. The van der Waals surface area contributed by atoms with Crippen LogP contribution in [0.3, 0.4) is 0 Å². The SMILES string of the molecule is CN(C)C(=O)N(COCCO)c1ccccc1. The van der Waals surface area contributed by atoms with Crippen molar-refractivity contribution in [2.75, 3.05) is 38.9 Å².